The van der Waals surface area contributed by atoms with E-state index in [1.54, 1.807) is 7.11 Å². The molecule has 1 heterocycles. The van der Waals surface area contributed by atoms with Gasteiger partial charge in [-0.2, -0.15) is 0 Å². The number of oxime groups is 1. The molecule has 0 aromatic heterocycles. The zero-order chi connectivity index (χ0) is 9.03. The fourth-order valence-electron chi connectivity index (χ4n) is 1.36. The molecule has 0 unspecified atom stereocenters. The van der Waals surface area contributed by atoms with E-state index in [0.717, 1.165) is 0 Å². The Hall–Kier alpha value is -0.810. The maximum Gasteiger partial charge on any atom is 0.171 e. The molecular weight excluding hydrogens is 160 g/mol. The monoisotopic (exact) mass is 174 g/mol. The third kappa shape index (κ3) is 1.51. The van der Waals surface area contributed by atoms with E-state index in [0.29, 0.717) is 26.1 Å². The Morgan fingerprint density at radius 1 is 1.58 bits per heavy atom. The van der Waals surface area contributed by atoms with Gasteiger partial charge in [0.25, 0.3) is 0 Å². The van der Waals surface area contributed by atoms with E-state index in [2.05, 4.69) is 5.16 Å². The zero-order valence-electron chi connectivity index (χ0n) is 7.12. The maximum atomic E-state index is 8.53. The van der Waals surface area contributed by atoms with Crippen molar-refractivity contribution in [3.63, 3.8) is 0 Å². The van der Waals surface area contributed by atoms with Crippen molar-refractivity contribution < 1.29 is 14.7 Å². The highest BCUT2D eigenvalue weighted by atomic mass is 16.5. The van der Waals surface area contributed by atoms with Gasteiger partial charge in [-0.25, -0.2) is 0 Å². The largest absolute Gasteiger partial charge is 0.409 e. The van der Waals surface area contributed by atoms with Crippen molar-refractivity contribution in [2.75, 3.05) is 20.3 Å². The van der Waals surface area contributed by atoms with Gasteiger partial charge in [0.1, 0.15) is 5.60 Å². The number of nitrogens with zero attached hydrogens (tertiary/aromatic N) is 1. The molecule has 1 fully saturated rings. The van der Waals surface area contributed by atoms with Gasteiger partial charge in [0, 0.05) is 33.2 Å². The SMILES string of the molecule is COC1(/C(N)=N\O)CCOCC1. The van der Waals surface area contributed by atoms with E-state index in [1.165, 1.54) is 0 Å². The Bertz CT molecular complexity index is 175. The van der Waals surface area contributed by atoms with E-state index in [9.17, 15) is 0 Å². The molecule has 12 heavy (non-hydrogen) atoms. The lowest BCUT2D eigenvalue weighted by Crippen LogP contribution is -2.49. The first-order chi connectivity index (χ1) is 5.75. The molecule has 0 aromatic carbocycles. The fourth-order valence-corrected chi connectivity index (χ4v) is 1.36. The predicted octanol–water partition coefficient (Wildman–Crippen LogP) is -0.0716. The summed E-state index contributed by atoms with van der Waals surface area (Å²) < 4.78 is 10.4. The van der Waals surface area contributed by atoms with Crippen LogP contribution in [0.2, 0.25) is 0 Å². The summed E-state index contributed by atoms with van der Waals surface area (Å²) in [5.41, 5.74) is 4.89. The fraction of sp³-hybridized carbons (Fsp3) is 0.857. The van der Waals surface area contributed by atoms with Gasteiger partial charge >= 0.3 is 0 Å². The molecule has 0 radical (unpaired) electrons. The maximum absolute atomic E-state index is 8.53. The molecule has 1 saturated heterocycles. The summed E-state index contributed by atoms with van der Waals surface area (Å²) in [4.78, 5) is 0. The average Bonchev–Trinajstić information content (AvgIpc) is 2.17. The van der Waals surface area contributed by atoms with Crippen molar-refractivity contribution in [1.82, 2.24) is 0 Å². The molecule has 0 aromatic rings. The van der Waals surface area contributed by atoms with Crippen LogP contribution in [0.3, 0.4) is 0 Å². The van der Waals surface area contributed by atoms with E-state index in [4.69, 9.17) is 20.4 Å². The molecule has 0 spiro atoms. The summed E-state index contributed by atoms with van der Waals surface area (Å²) in [6, 6.07) is 0. The lowest BCUT2D eigenvalue weighted by atomic mass is 9.93. The highest BCUT2D eigenvalue weighted by Gasteiger charge is 2.37. The lowest BCUT2D eigenvalue weighted by molar-refractivity contribution is -0.0480. The van der Waals surface area contributed by atoms with Crippen molar-refractivity contribution in [2.45, 2.75) is 18.4 Å². The highest BCUT2D eigenvalue weighted by Crippen LogP contribution is 2.24. The second-order valence-electron chi connectivity index (χ2n) is 2.80. The molecule has 1 aliphatic rings. The molecule has 70 valence electrons. The standard InChI is InChI=1S/C7H14N2O3/c1-11-7(6(8)9-10)2-4-12-5-3-7/h10H,2-5H2,1H3,(H2,8,9). The normalized spacial score (nSPS) is 23.9. The van der Waals surface area contributed by atoms with Crippen LogP contribution in [-0.4, -0.2) is 37.0 Å². The van der Waals surface area contributed by atoms with Gasteiger partial charge < -0.3 is 20.4 Å². The quantitative estimate of drug-likeness (QED) is 0.266. The van der Waals surface area contributed by atoms with E-state index in [-0.39, 0.29) is 5.84 Å². The molecule has 0 bridgehead atoms. The first kappa shape index (κ1) is 9.28. The van der Waals surface area contributed by atoms with Crippen LogP contribution in [0.25, 0.3) is 0 Å². The summed E-state index contributed by atoms with van der Waals surface area (Å²) in [6.45, 7) is 1.17. The Kier molecular flexibility index (Phi) is 2.88. The number of hydrogen-bond donors (Lipinski definition) is 2. The minimum Gasteiger partial charge on any atom is -0.409 e. The third-order valence-corrected chi connectivity index (χ3v) is 2.27. The van der Waals surface area contributed by atoms with Crippen LogP contribution in [0.5, 0.6) is 0 Å². The summed E-state index contributed by atoms with van der Waals surface area (Å²) in [7, 11) is 1.56. The smallest absolute Gasteiger partial charge is 0.171 e. The molecule has 0 amide bonds. The van der Waals surface area contributed by atoms with Gasteiger partial charge in [-0.15, -0.1) is 0 Å². The van der Waals surface area contributed by atoms with Crippen LogP contribution < -0.4 is 5.73 Å². The number of rotatable bonds is 2. The van der Waals surface area contributed by atoms with Crippen molar-refractivity contribution in [3.05, 3.63) is 0 Å². The summed E-state index contributed by atoms with van der Waals surface area (Å²) in [5.74, 6) is 0.133. The second kappa shape index (κ2) is 3.73. The van der Waals surface area contributed by atoms with Crippen LogP contribution in [0.4, 0.5) is 0 Å². The van der Waals surface area contributed by atoms with Crippen molar-refractivity contribution in [1.29, 1.82) is 0 Å². The number of nitrogens with two attached hydrogens (primary N) is 1. The first-order valence-electron chi connectivity index (χ1n) is 3.86. The average molecular weight is 174 g/mol. The molecule has 1 rings (SSSR count). The van der Waals surface area contributed by atoms with Crippen LogP contribution in [-0.2, 0) is 9.47 Å². The molecule has 3 N–H and O–H groups in total. The molecule has 1 aliphatic heterocycles. The van der Waals surface area contributed by atoms with Gasteiger partial charge in [0.2, 0.25) is 0 Å². The molecule has 5 heteroatoms. The van der Waals surface area contributed by atoms with Crippen LogP contribution >= 0.6 is 0 Å². The van der Waals surface area contributed by atoms with Crippen molar-refractivity contribution in [3.8, 4) is 0 Å². The Balaban J connectivity index is 2.73. The van der Waals surface area contributed by atoms with E-state index in [1.807, 2.05) is 0 Å². The Labute approximate surface area is 71.1 Å². The third-order valence-electron chi connectivity index (χ3n) is 2.27. The number of ether oxygens (including phenoxy) is 2. The second-order valence-corrected chi connectivity index (χ2v) is 2.80. The highest BCUT2D eigenvalue weighted by molar-refractivity contribution is 5.88. The minimum atomic E-state index is -0.618. The zero-order valence-corrected chi connectivity index (χ0v) is 7.12. The summed E-state index contributed by atoms with van der Waals surface area (Å²) >= 11 is 0. The molecule has 0 aliphatic carbocycles. The number of methoxy groups -OCH3 is 1. The van der Waals surface area contributed by atoms with Gasteiger partial charge in [-0.05, 0) is 0 Å². The number of amidine groups is 1. The summed E-state index contributed by atoms with van der Waals surface area (Å²) in [6.07, 6.45) is 1.28. The van der Waals surface area contributed by atoms with Gasteiger partial charge in [-0.1, -0.05) is 5.16 Å². The van der Waals surface area contributed by atoms with E-state index >= 15 is 0 Å². The summed E-state index contributed by atoms with van der Waals surface area (Å²) in [5, 5.41) is 11.5. The number of hydrogen-bond acceptors (Lipinski definition) is 4. The molecule has 5 nitrogen and oxygen atoms in total. The van der Waals surface area contributed by atoms with Crippen molar-refractivity contribution >= 4 is 5.84 Å². The molecule has 0 atom stereocenters. The topological polar surface area (TPSA) is 77.1 Å². The van der Waals surface area contributed by atoms with Crippen LogP contribution in [0, 0.1) is 0 Å². The van der Waals surface area contributed by atoms with Gasteiger partial charge in [-0.3, -0.25) is 0 Å². The lowest BCUT2D eigenvalue weighted by Gasteiger charge is -2.34. The Morgan fingerprint density at radius 2 is 2.17 bits per heavy atom. The van der Waals surface area contributed by atoms with Crippen molar-refractivity contribution in [2.24, 2.45) is 10.9 Å². The van der Waals surface area contributed by atoms with Gasteiger partial charge in [0.05, 0.1) is 0 Å². The Morgan fingerprint density at radius 3 is 2.58 bits per heavy atom. The molecule has 0 saturated carbocycles. The van der Waals surface area contributed by atoms with E-state index < -0.39 is 5.60 Å². The van der Waals surface area contributed by atoms with Crippen LogP contribution in [0.1, 0.15) is 12.8 Å². The van der Waals surface area contributed by atoms with Crippen LogP contribution in [0.15, 0.2) is 5.16 Å². The molecular formula is C7H14N2O3. The van der Waals surface area contributed by atoms with Gasteiger partial charge in [0.15, 0.2) is 5.84 Å². The minimum absolute atomic E-state index is 0.133. The first-order valence-corrected chi connectivity index (χ1v) is 3.86. The predicted molar refractivity (Wildman–Crippen MR) is 43.2 cm³/mol.